The number of aryl methyl sites for hydroxylation is 1. The van der Waals surface area contributed by atoms with E-state index in [1.54, 1.807) is 12.1 Å². The molecule has 4 rings (SSSR count). The second-order valence-corrected chi connectivity index (χ2v) is 8.94. The highest BCUT2D eigenvalue weighted by atomic mass is 35.5. The molecule has 1 aliphatic heterocycles. The zero-order valence-electron chi connectivity index (χ0n) is 17.5. The maximum absolute atomic E-state index is 12.3. The van der Waals surface area contributed by atoms with Crippen LogP contribution in [-0.4, -0.2) is 22.6 Å². The Morgan fingerprint density at radius 2 is 1.72 bits per heavy atom. The number of carbonyl (C=O) groups excluding carboxylic acids is 2. The number of nitrogens with zero attached hydrogens (tertiary/aromatic N) is 1. The van der Waals surface area contributed by atoms with E-state index in [9.17, 15) is 9.59 Å². The van der Waals surface area contributed by atoms with Crippen molar-refractivity contribution in [3.05, 3.63) is 106 Å². The smallest absolute Gasteiger partial charge is 0.269 e. The molecule has 0 spiro atoms. The molecule has 0 aromatic heterocycles. The Kier molecular flexibility index (Phi) is 6.93. The number of aliphatic imine (C=N–C) groups is 1. The van der Waals surface area contributed by atoms with E-state index in [4.69, 9.17) is 16.6 Å². The Morgan fingerprint density at radius 3 is 2.50 bits per heavy atom. The Labute approximate surface area is 196 Å². The van der Waals surface area contributed by atoms with Crippen molar-refractivity contribution in [3.8, 4) is 0 Å². The van der Waals surface area contributed by atoms with Gasteiger partial charge in [-0.05, 0) is 47.4 Å². The molecule has 2 amide bonds. The number of carbonyl (C=O) groups is 2. The molecule has 162 valence electrons. The van der Waals surface area contributed by atoms with E-state index in [0.717, 1.165) is 21.7 Å². The molecule has 1 heterocycles. The lowest BCUT2D eigenvalue weighted by molar-refractivity contribution is -0.119. The van der Waals surface area contributed by atoms with E-state index in [0.29, 0.717) is 17.0 Å². The Bertz CT molecular complexity index is 1180. The molecule has 1 atom stereocenters. The summed E-state index contributed by atoms with van der Waals surface area (Å²) in [6.07, 6.45) is 0.674. The molecule has 32 heavy (non-hydrogen) atoms. The monoisotopic (exact) mass is 463 g/mol. The highest BCUT2D eigenvalue weighted by Gasteiger charge is 2.23. The topological polar surface area (TPSA) is 70.6 Å². The van der Waals surface area contributed by atoms with Gasteiger partial charge >= 0.3 is 0 Å². The van der Waals surface area contributed by atoms with Gasteiger partial charge in [0.05, 0.1) is 10.8 Å². The van der Waals surface area contributed by atoms with Crippen LogP contribution in [0.4, 0.5) is 0 Å². The molecular formula is C25H22ClN3O2S. The molecular weight excluding hydrogens is 442 g/mol. The predicted octanol–water partition coefficient (Wildman–Crippen LogP) is 4.89. The third-order valence-electron chi connectivity index (χ3n) is 5.23. The van der Waals surface area contributed by atoms with E-state index in [1.807, 2.05) is 55.5 Å². The number of hydrogen-bond donors (Lipinski definition) is 2. The number of thioether (sulfide) groups is 1. The standard InChI is InChI=1S/C25H22ClN3O2S/c1-16-6-2-4-8-20(16)25(31)29-28-22(30)15-32-23-14-18-7-3-5-9-21(18)24(27-23)17-10-12-19(26)13-11-17/h2-13,24H,14-15H2,1H3,(H,28,30)(H,29,31)/t24-/m1/s1. The molecule has 0 saturated carbocycles. The summed E-state index contributed by atoms with van der Waals surface area (Å²) in [6, 6.07) is 23.0. The number of nitrogens with one attached hydrogen (secondary N) is 2. The molecule has 7 heteroatoms. The van der Waals surface area contributed by atoms with Crippen molar-refractivity contribution in [2.24, 2.45) is 4.99 Å². The molecule has 0 unspecified atom stereocenters. The third-order valence-corrected chi connectivity index (χ3v) is 6.47. The Hall–Kier alpha value is -3.09. The second-order valence-electron chi connectivity index (χ2n) is 7.46. The molecule has 1 aliphatic rings. The summed E-state index contributed by atoms with van der Waals surface area (Å²) < 4.78 is 0. The number of amides is 2. The summed E-state index contributed by atoms with van der Waals surface area (Å²) in [7, 11) is 0. The van der Waals surface area contributed by atoms with Crippen LogP contribution >= 0.6 is 23.4 Å². The summed E-state index contributed by atoms with van der Waals surface area (Å²) in [4.78, 5) is 29.5. The number of hydrazine groups is 1. The lowest BCUT2D eigenvalue weighted by Crippen LogP contribution is -2.42. The zero-order chi connectivity index (χ0) is 22.5. The summed E-state index contributed by atoms with van der Waals surface area (Å²) in [6.45, 7) is 1.85. The predicted molar refractivity (Wildman–Crippen MR) is 130 cm³/mol. The SMILES string of the molecule is Cc1ccccc1C(=O)NNC(=O)CSC1=N[C@H](c2ccc(Cl)cc2)c2ccccc2C1. The Balaban J connectivity index is 1.40. The summed E-state index contributed by atoms with van der Waals surface area (Å²) in [5.41, 5.74) is 9.74. The van der Waals surface area contributed by atoms with Gasteiger partial charge < -0.3 is 0 Å². The van der Waals surface area contributed by atoms with Crippen molar-refractivity contribution in [1.29, 1.82) is 0 Å². The minimum atomic E-state index is -0.340. The largest absolute Gasteiger partial charge is 0.272 e. The first kappa shape index (κ1) is 22.1. The van der Waals surface area contributed by atoms with E-state index >= 15 is 0 Å². The average molecular weight is 464 g/mol. The van der Waals surface area contributed by atoms with Gasteiger partial charge in [0, 0.05) is 17.0 Å². The van der Waals surface area contributed by atoms with Gasteiger partial charge in [0.15, 0.2) is 0 Å². The van der Waals surface area contributed by atoms with Crippen LogP contribution in [0, 0.1) is 6.92 Å². The lowest BCUT2D eigenvalue weighted by atomic mass is 9.91. The first-order valence-corrected chi connectivity index (χ1v) is 11.5. The van der Waals surface area contributed by atoms with Crippen molar-refractivity contribution < 1.29 is 9.59 Å². The van der Waals surface area contributed by atoms with Crippen LogP contribution in [0.3, 0.4) is 0 Å². The highest BCUT2D eigenvalue weighted by molar-refractivity contribution is 8.14. The minimum absolute atomic E-state index is 0.136. The van der Waals surface area contributed by atoms with Gasteiger partial charge in [-0.25, -0.2) is 0 Å². The van der Waals surface area contributed by atoms with Crippen LogP contribution in [0.2, 0.25) is 5.02 Å². The number of halogens is 1. The van der Waals surface area contributed by atoms with Crippen LogP contribution in [0.1, 0.15) is 38.7 Å². The van der Waals surface area contributed by atoms with Crippen molar-refractivity contribution in [3.63, 3.8) is 0 Å². The summed E-state index contributed by atoms with van der Waals surface area (Å²) in [5.74, 6) is -0.475. The summed E-state index contributed by atoms with van der Waals surface area (Å²) in [5, 5.41) is 1.56. The molecule has 3 aromatic rings. The van der Waals surface area contributed by atoms with Gasteiger partial charge in [-0.1, -0.05) is 66.2 Å². The van der Waals surface area contributed by atoms with Gasteiger partial charge in [-0.3, -0.25) is 25.4 Å². The fraction of sp³-hybridized carbons (Fsp3) is 0.160. The van der Waals surface area contributed by atoms with Crippen molar-refractivity contribution in [2.45, 2.75) is 19.4 Å². The molecule has 0 radical (unpaired) electrons. The molecule has 5 nitrogen and oxygen atoms in total. The Morgan fingerprint density at radius 1 is 1.00 bits per heavy atom. The highest BCUT2D eigenvalue weighted by Crippen LogP contribution is 2.35. The van der Waals surface area contributed by atoms with Gasteiger partial charge in [-0.15, -0.1) is 11.8 Å². The van der Waals surface area contributed by atoms with Crippen molar-refractivity contribution in [1.82, 2.24) is 10.9 Å². The number of rotatable bonds is 4. The fourth-order valence-corrected chi connectivity index (χ4v) is 4.51. The first-order valence-electron chi connectivity index (χ1n) is 10.2. The minimum Gasteiger partial charge on any atom is -0.272 e. The van der Waals surface area contributed by atoms with E-state index in [2.05, 4.69) is 23.0 Å². The van der Waals surface area contributed by atoms with Gasteiger partial charge in [0.2, 0.25) is 5.91 Å². The first-order chi connectivity index (χ1) is 15.5. The lowest BCUT2D eigenvalue weighted by Gasteiger charge is -2.24. The molecule has 0 saturated heterocycles. The van der Waals surface area contributed by atoms with E-state index in [-0.39, 0.29) is 23.6 Å². The maximum atomic E-state index is 12.3. The quantitative estimate of drug-likeness (QED) is 0.541. The van der Waals surface area contributed by atoms with E-state index in [1.165, 1.54) is 17.3 Å². The third kappa shape index (κ3) is 5.21. The van der Waals surface area contributed by atoms with Crippen LogP contribution in [0.5, 0.6) is 0 Å². The van der Waals surface area contributed by atoms with Crippen LogP contribution < -0.4 is 10.9 Å². The van der Waals surface area contributed by atoms with Crippen molar-refractivity contribution >= 4 is 40.2 Å². The van der Waals surface area contributed by atoms with Crippen molar-refractivity contribution in [2.75, 3.05) is 5.75 Å². The van der Waals surface area contributed by atoms with Gasteiger partial charge in [0.1, 0.15) is 6.04 Å². The van der Waals surface area contributed by atoms with Crippen LogP contribution in [-0.2, 0) is 11.2 Å². The van der Waals surface area contributed by atoms with Crippen LogP contribution in [0.15, 0.2) is 77.8 Å². The zero-order valence-corrected chi connectivity index (χ0v) is 19.0. The summed E-state index contributed by atoms with van der Waals surface area (Å²) >= 11 is 7.43. The maximum Gasteiger partial charge on any atom is 0.269 e. The number of fused-ring (bicyclic) bond motifs is 1. The van der Waals surface area contributed by atoms with E-state index < -0.39 is 0 Å². The van der Waals surface area contributed by atoms with Gasteiger partial charge in [0.25, 0.3) is 5.91 Å². The molecule has 3 aromatic carbocycles. The average Bonchev–Trinajstić information content (AvgIpc) is 2.81. The van der Waals surface area contributed by atoms with Gasteiger partial charge in [-0.2, -0.15) is 0 Å². The van der Waals surface area contributed by atoms with Crippen LogP contribution in [0.25, 0.3) is 0 Å². The normalized spacial score (nSPS) is 14.8. The molecule has 2 N–H and O–H groups in total. The molecule has 0 bridgehead atoms. The number of hydrogen-bond acceptors (Lipinski definition) is 4. The number of benzene rings is 3. The second kappa shape index (κ2) is 10.0. The fourth-order valence-electron chi connectivity index (χ4n) is 3.58. The molecule has 0 fully saturated rings. The molecule has 0 aliphatic carbocycles.